The summed E-state index contributed by atoms with van der Waals surface area (Å²) in [6.45, 7) is 5.91. The van der Waals surface area contributed by atoms with Crippen molar-refractivity contribution in [2.45, 2.75) is 37.8 Å². The van der Waals surface area contributed by atoms with E-state index in [2.05, 4.69) is 32.2 Å². The molecule has 0 atom stereocenters. The van der Waals surface area contributed by atoms with Gasteiger partial charge in [0, 0.05) is 51.7 Å². The molecule has 1 N–H and O–H groups in total. The van der Waals surface area contributed by atoms with E-state index in [1.807, 2.05) is 12.4 Å². The molecule has 1 aromatic rings. The second-order valence-electron chi connectivity index (χ2n) is 7.31. The fourth-order valence-corrected chi connectivity index (χ4v) is 4.08. The van der Waals surface area contributed by atoms with Crippen LogP contribution in [0.2, 0.25) is 0 Å². The largest absolute Gasteiger partial charge is 0.353 e. The van der Waals surface area contributed by atoms with Gasteiger partial charge >= 0.3 is 0 Å². The number of hydrogen-bond acceptors (Lipinski definition) is 4. The van der Waals surface area contributed by atoms with E-state index in [1.165, 1.54) is 18.4 Å². The third-order valence-corrected chi connectivity index (χ3v) is 5.71. The number of nitrogens with zero attached hydrogens (tertiary/aromatic N) is 3. The average molecular weight is 314 g/mol. The van der Waals surface area contributed by atoms with E-state index < -0.39 is 0 Å². The molecular weight excluding hydrogens is 288 g/mol. The molecule has 3 fully saturated rings. The first kappa shape index (κ1) is 15.1. The number of carbonyl (C=O) groups is 1. The van der Waals surface area contributed by atoms with Gasteiger partial charge in [-0.1, -0.05) is 0 Å². The summed E-state index contributed by atoms with van der Waals surface area (Å²) in [5, 5.41) is 3.12. The summed E-state index contributed by atoms with van der Waals surface area (Å²) in [5.41, 5.74) is 1.06. The Morgan fingerprint density at radius 2 is 1.91 bits per heavy atom. The quantitative estimate of drug-likeness (QED) is 0.909. The van der Waals surface area contributed by atoms with Crippen LogP contribution in [0.5, 0.6) is 0 Å². The highest BCUT2D eigenvalue weighted by atomic mass is 16.2. The van der Waals surface area contributed by atoms with E-state index in [1.54, 1.807) is 0 Å². The van der Waals surface area contributed by atoms with E-state index in [9.17, 15) is 4.79 Å². The van der Waals surface area contributed by atoms with Crippen molar-refractivity contribution < 1.29 is 4.79 Å². The number of piperidine rings is 1. The van der Waals surface area contributed by atoms with Crippen LogP contribution in [0.3, 0.4) is 0 Å². The molecule has 0 bridgehead atoms. The molecule has 2 aliphatic heterocycles. The summed E-state index contributed by atoms with van der Waals surface area (Å²) >= 11 is 0. The van der Waals surface area contributed by atoms with E-state index in [-0.39, 0.29) is 11.4 Å². The molecule has 1 spiro atoms. The SMILES string of the molecule is O=C1NCCN(CC2CC2)C12CCN(Cc1ccncc1)CC2. The standard InChI is InChI=1S/C18H26N4O/c23-17-18(22(12-9-20-17)14-15-1-2-15)5-10-21(11-6-18)13-16-3-7-19-8-4-16/h3-4,7-8,15H,1-2,5-6,9-14H2,(H,20,23). The highest BCUT2D eigenvalue weighted by Gasteiger charge is 2.48. The molecule has 3 heterocycles. The third-order valence-electron chi connectivity index (χ3n) is 5.71. The van der Waals surface area contributed by atoms with Crippen molar-refractivity contribution in [3.63, 3.8) is 0 Å². The first-order valence-electron chi connectivity index (χ1n) is 8.91. The summed E-state index contributed by atoms with van der Waals surface area (Å²) in [6, 6.07) is 4.16. The van der Waals surface area contributed by atoms with Crippen molar-refractivity contribution in [1.29, 1.82) is 0 Å². The van der Waals surface area contributed by atoms with Gasteiger partial charge < -0.3 is 5.32 Å². The monoisotopic (exact) mass is 314 g/mol. The maximum absolute atomic E-state index is 12.7. The van der Waals surface area contributed by atoms with Crippen LogP contribution < -0.4 is 5.32 Å². The molecule has 0 aromatic carbocycles. The van der Waals surface area contributed by atoms with Gasteiger partial charge in [0.25, 0.3) is 0 Å². The van der Waals surface area contributed by atoms with E-state index in [0.29, 0.717) is 0 Å². The molecule has 5 nitrogen and oxygen atoms in total. The lowest BCUT2D eigenvalue weighted by molar-refractivity contribution is -0.141. The number of pyridine rings is 1. The Morgan fingerprint density at radius 1 is 1.17 bits per heavy atom. The number of aromatic nitrogens is 1. The fraction of sp³-hybridized carbons (Fsp3) is 0.667. The average Bonchev–Trinajstić information content (AvgIpc) is 3.39. The summed E-state index contributed by atoms with van der Waals surface area (Å²) in [7, 11) is 0. The first-order valence-corrected chi connectivity index (χ1v) is 8.91. The van der Waals surface area contributed by atoms with Crippen molar-refractivity contribution in [2.24, 2.45) is 5.92 Å². The molecular formula is C18H26N4O. The number of amides is 1. The summed E-state index contributed by atoms with van der Waals surface area (Å²) in [5.74, 6) is 1.11. The summed E-state index contributed by atoms with van der Waals surface area (Å²) < 4.78 is 0. The Morgan fingerprint density at radius 3 is 2.61 bits per heavy atom. The highest BCUT2D eigenvalue weighted by molar-refractivity contribution is 5.87. The molecule has 1 aliphatic carbocycles. The van der Waals surface area contributed by atoms with Crippen LogP contribution >= 0.6 is 0 Å². The Labute approximate surface area is 138 Å². The van der Waals surface area contributed by atoms with Crippen LogP contribution in [-0.4, -0.2) is 59.0 Å². The first-order chi connectivity index (χ1) is 11.3. The minimum Gasteiger partial charge on any atom is -0.353 e. The fourth-order valence-electron chi connectivity index (χ4n) is 4.08. The molecule has 0 unspecified atom stereocenters. The van der Waals surface area contributed by atoms with Crippen molar-refractivity contribution in [3.8, 4) is 0 Å². The summed E-state index contributed by atoms with van der Waals surface area (Å²) in [4.78, 5) is 21.7. The smallest absolute Gasteiger partial charge is 0.240 e. The van der Waals surface area contributed by atoms with Crippen molar-refractivity contribution in [3.05, 3.63) is 30.1 Å². The van der Waals surface area contributed by atoms with Crippen molar-refractivity contribution >= 4 is 5.91 Å². The number of nitrogens with one attached hydrogen (secondary N) is 1. The Hall–Kier alpha value is -1.46. The lowest BCUT2D eigenvalue weighted by Crippen LogP contribution is -2.68. The zero-order valence-electron chi connectivity index (χ0n) is 13.7. The maximum Gasteiger partial charge on any atom is 0.240 e. The molecule has 1 saturated carbocycles. The Balaban J connectivity index is 1.42. The van der Waals surface area contributed by atoms with Gasteiger partial charge in [0.2, 0.25) is 5.91 Å². The van der Waals surface area contributed by atoms with Gasteiger partial charge in [-0.2, -0.15) is 0 Å². The zero-order valence-corrected chi connectivity index (χ0v) is 13.7. The molecule has 4 rings (SSSR count). The second-order valence-corrected chi connectivity index (χ2v) is 7.31. The van der Waals surface area contributed by atoms with Gasteiger partial charge in [-0.3, -0.25) is 19.6 Å². The molecule has 1 aromatic heterocycles. The maximum atomic E-state index is 12.7. The van der Waals surface area contributed by atoms with Crippen molar-refractivity contribution in [1.82, 2.24) is 20.1 Å². The summed E-state index contributed by atoms with van der Waals surface area (Å²) in [6.07, 6.45) is 8.32. The minimum atomic E-state index is -0.240. The van der Waals surface area contributed by atoms with Gasteiger partial charge in [-0.15, -0.1) is 0 Å². The number of carbonyl (C=O) groups excluding carboxylic acids is 1. The van der Waals surface area contributed by atoms with Gasteiger partial charge in [0.15, 0.2) is 0 Å². The molecule has 124 valence electrons. The van der Waals surface area contributed by atoms with Crippen LogP contribution in [-0.2, 0) is 11.3 Å². The molecule has 1 amide bonds. The van der Waals surface area contributed by atoms with Crippen LogP contribution in [0.4, 0.5) is 0 Å². The van der Waals surface area contributed by atoms with E-state index in [4.69, 9.17) is 0 Å². The van der Waals surface area contributed by atoms with Crippen LogP contribution in [0.1, 0.15) is 31.2 Å². The third kappa shape index (κ3) is 3.12. The van der Waals surface area contributed by atoms with Gasteiger partial charge in [-0.25, -0.2) is 0 Å². The molecule has 0 radical (unpaired) electrons. The Kier molecular flexibility index (Phi) is 4.07. The van der Waals surface area contributed by atoms with Crippen LogP contribution in [0.15, 0.2) is 24.5 Å². The predicted octanol–water partition coefficient (Wildman–Crippen LogP) is 1.26. The molecule has 5 heteroatoms. The van der Waals surface area contributed by atoms with Gasteiger partial charge in [-0.05, 0) is 49.3 Å². The molecule has 3 aliphatic rings. The lowest BCUT2D eigenvalue weighted by Gasteiger charge is -2.50. The normalized spacial score (nSPS) is 25.5. The molecule has 2 saturated heterocycles. The van der Waals surface area contributed by atoms with Crippen LogP contribution in [0.25, 0.3) is 0 Å². The zero-order chi connectivity index (χ0) is 15.7. The van der Waals surface area contributed by atoms with Gasteiger partial charge in [0.05, 0.1) is 0 Å². The number of hydrogen-bond donors (Lipinski definition) is 1. The lowest BCUT2D eigenvalue weighted by atomic mass is 9.82. The highest BCUT2D eigenvalue weighted by Crippen LogP contribution is 2.37. The van der Waals surface area contributed by atoms with Gasteiger partial charge in [0.1, 0.15) is 5.54 Å². The topological polar surface area (TPSA) is 48.5 Å². The second kappa shape index (κ2) is 6.21. The number of rotatable bonds is 4. The Bertz CT molecular complexity index is 549. The van der Waals surface area contributed by atoms with E-state index >= 15 is 0 Å². The number of piperazine rings is 1. The minimum absolute atomic E-state index is 0.240. The predicted molar refractivity (Wildman–Crippen MR) is 88.8 cm³/mol. The van der Waals surface area contributed by atoms with E-state index in [0.717, 1.165) is 58.0 Å². The van der Waals surface area contributed by atoms with Crippen molar-refractivity contribution in [2.75, 3.05) is 32.7 Å². The number of likely N-dealkylation sites (tertiary alicyclic amines) is 1. The molecule has 23 heavy (non-hydrogen) atoms. The van der Waals surface area contributed by atoms with Crippen LogP contribution in [0, 0.1) is 5.92 Å².